The molecule has 1 aromatic carbocycles. The molecule has 0 spiro atoms. The monoisotopic (exact) mass is 353 g/mol. The van der Waals surface area contributed by atoms with E-state index >= 15 is 0 Å². The third-order valence-electron chi connectivity index (χ3n) is 4.81. The Bertz CT molecular complexity index is 982. The summed E-state index contributed by atoms with van der Waals surface area (Å²) in [6.07, 6.45) is 0.997. The lowest BCUT2D eigenvalue weighted by Crippen LogP contribution is -2.31. The number of nitrogens with zero attached hydrogens (tertiary/aromatic N) is 3. The first-order chi connectivity index (χ1) is 12.4. The minimum Gasteiger partial charge on any atom is -0.383 e. The molecule has 7 nitrogen and oxygen atoms in total. The van der Waals surface area contributed by atoms with E-state index in [0.29, 0.717) is 11.5 Å². The molecule has 4 N–H and O–H groups in total. The van der Waals surface area contributed by atoms with Gasteiger partial charge in [0.25, 0.3) is 0 Å². The van der Waals surface area contributed by atoms with Gasteiger partial charge in [-0.3, -0.25) is 0 Å². The van der Waals surface area contributed by atoms with Crippen molar-refractivity contribution in [2.45, 2.75) is 46.8 Å². The van der Waals surface area contributed by atoms with Crippen molar-refractivity contribution in [3.8, 4) is 11.3 Å². The second kappa shape index (κ2) is 6.05. The van der Waals surface area contributed by atoms with Crippen molar-refractivity contribution in [3.63, 3.8) is 0 Å². The van der Waals surface area contributed by atoms with Crippen LogP contribution in [0.15, 0.2) is 18.3 Å². The van der Waals surface area contributed by atoms with Crippen molar-refractivity contribution in [1.82, 2.24) is 14.6 Å². The summed E-state index contributed by atoms with van der Waals surface area (Å²) in [5.74, 6) is 0.491. The number of fused-ring (bicyclic) bond motifs is 1. The van der Waals surface area contributed by atoms with Crippen LogP contribution < -0.4 is 11.5 Å². The SMILES string of the molecule is Cc1cc(C)c(-c2nc3c(C4OC(C)O4)cnn3c(N)c2CN)c(C)c1. The van der Waals surface area contributed by atoms with Gasteiger partial charge in [0.2, 0.25) is 0 Å². The summed E-state index contributed by atoms with van der Waals surface area (Å²) >= 11 is 0. The minimum absolute atomic E-state index is 0.225. The van der Waals surface area contributed by atoms with Crippen molar-refractivity contribution >= 4 is 11.5 Å². The molecule has 0 unspecified atom stereocenters. The average molecular weight is 353 g/mol. The molecule has 1 fully saturated rings. The van der Waals surface area contributed by atoms with Crippen LogP contribution in [0.5, 0.6) is 0 Å². The number of ether oxygens (including phenoxy) is 2. The molecule has 4 rings (SSSR count). The molecule has 0 aliphatic carbocycles. The lowest BCUT2D eigenvalue weighted by molar-refractivity contribution is -0.382. The summed E-state index contributed by atoms with van der Waals surface area (Å²) in [5.41, 5.74) is 19.9. The molecule has 7 heteroatoms. The quantitative estimate of drug-likeness (QED) is 0.751. The van der Waals surface area contributed by atoms with Crippen molar-refractivity contribution in [3.05, 3.63) is 46.1 Å². The minimum atomic E-state index is -0.466. The summed E-state index contributed by atoms with van der Waals surface area (Å²) in [6.45, 7) is 8.37. The molecule has 1 aliphatic heterocycles. The highest BCUT2D eigenvalue weighted by molar-refractivity contribution is 5.76. The van der Waals surface area contributed by atoms with E-state index in [2.05, 4.69) is 38.0 Å². The largest absolute Gasteiger partial charge is 0.383 e. The van der Waals surface area contributed by atoms with E-state index in [1.54, 1.807) is 10.7 Å². The van der Waals surface area contributed by atoms with Gasteiger partial charge in [0.05, 0.1) is 17.5 Å². The first-order valence-electron chi connectivity index (χ1n) is 8.66. The zero-order chi connectivity index (χ0) is 18.6. The van der Waals surface area contributed by atoms with E-state index < -0.39 is 6.29 Å². The van der Waals surface area contributed by atoms with Crippen LogP contribution >= 0.6 is 0 Å². The van der Waals surface area contributed by atoms with Gasteiger partial charge in [-0.2, -0.15) is 9.61 Å². The van der Waals surface area contributed by atoms with E-state index in [1.165, 1.54) is 5.56 Å². The van der Waals surface area contributed by atoms with Crippen LogP contribution in [0.2, 0.25) is 0 Å². The molecule has 1 saturated heterocycles. The number of benzene rings is 1. The average Bonchev–Trinajstić information content (AvgIpc) is 2.95. The zero-order valence-corrected chi connectivity index (χ0v) is 15.4. The van der Waals surface area contributed by atoms with Crippen LogP contribution in [0.3, 0.4) is 0 Å². The summed E-state index contributed by atoms with van der Waals surface area (Å²) in [6, 6.07) is 4.28. The maximum atomic E-state index is 6.40. The number of anilines is 1. The van der Waals surface area contributed by atoms with Gasteiger partial charge in [0.15, 0.2) is 18.2 Å². The van der Waals surface area contributed by atoms with Gasteiger partial charge >= 0.3 is 0 Å². The lowest BCUT2D eigenvalue weighted by Gasteiger charge is -2.33. The number of aromatic nitrogens is 3. The molecule has 0 radical (unpaired) electrons. The first-order valence-corrected chi connectivity index (χ1v) is 8.66. The molecule has 2 aromatic heterocycles. The Morgan fingerprint density at radius 3 is 2.38 bits per heavy atom. The smallest absolute Gasteiger partial charge is 0.195 e. The molecule has 136 valence electrons. The fourth-order valence-corrected chi connectivity index (χ4v) is 3.70. The van der Waals surface area contributed by atoms with Crippen molar-refractivity contribution in [2.75, 3.05) is 5.73 Å². The van der Waals surface area contributed by atoms with Crippen LogP contribution in [0, 0.1) is 20.8 Å². The van der Waals surface area contributed by atoms with Gasteiger partial charge in [0, 0.05) is 17.7 Å². The number of nitrogens with two attached hydrogens (primary N) is 2. The number of hydrogen-bond donors (Lipinski definition) is 2. The maximum Gasteiger partial charge on any atom is 0.195 e. The molecule has 0 bridgehead atoms. The molecule has 3 aromatic rings. The van der Waals surface area contributed by atoms with Gasteiger partial charge in [-0.15, -0.1) is 0 Å². The van der Waals surface area contributed by atoms with Crippen LogP contribution in [0.4, 0.5) is 5.82 Å². The predicted molar refractivity (Wildman–Crippen MR) is 99.3 cm³/mol. The van der Waals surface area contributed by atoms with Crippen molar-refractivity contribution in [1.29, 1.82) is 0 Å². The Morgan fingerprint density at radius 2 is 1.81 bits per heavy atom. The highest BCUT2D eigenvalue weighted by Gasteiger charge is 2.32. The fraction of sp³-hybridized carbons (Fsp3) is 0.368. The predicted octanol–water partition coefficient (Wildman–Crippen LogP) is 2.75. The Morgan fingerprint density at radius 1 is 1.15 bits per heavy atom. The molecule has 1 aliphatic rings. The normalized spacial score (nSPS) is 19.7. The molecule has 0 atom stereocenters. The standard InChI is InChI=1S/C19H23N5O2/c1-9-5-10(2)15(11(3)6-9)16-13(7-20)17(21)24-18(23-16)14(8-22-24)19-25-12(4)26-19/h5-6,8,12,19H,7,20-21H2,1-4H3. The summed E-state index contributed by atoms with van der Waals surface area (Å²) in [5, 5.41) is 4.36. The Labute approximate surface area is 151 Å². The summed E-state index contributed by atoms with van der Waals surface area (Å²) in [7, 11) is 0. The Balaban J connectivity index is 1.98. The van der Waals surface area contributed by atoms with Crippen molar-refractivity contribution < 1.29 is 9.47 Å². The van der Waals surface area contributed by atoms with Crippen LogP contribution in [-0.4, -0.2) is 20.9 Å². The Hall–Kier alpha value is -2.48. The van der Waals surface area contributed by atoms with Gasteiger partial charge in [-0.05, 0) is 38.8 Å². The summed E-state index contributed by atoms with van der Waals surface area (Å²) in [4.78, 5) is 4.90. The number of nitrogen functional groups attached to an aromatic ring is 1. The molecule has 26 heavy (non-hydrogen) atoms. The zero-order valence-electron chi connectivity index (χ0n) is 15.4. The first kappa shape index (κ1) is 17.0. The van der Waals surface area contributed by atoms with E-state index in [0.717, 1.165) is 33.5 Å². The second-order valence-electron chi connectivity index (χ2n) is 6.81. The Kier molecular flexibility index (Phi) is 3.95. The van der Waals surface area contributed by atoms with E-state index in [9.17, 15) is 0 Å². The molecule has 0 saturated carbocycles. The van der Waals surface area contributed by atoms with Gasteiger partial charge in [-0.25, -0.2) is 4.98 Å². The highest BCUT2D eigenvalue weighted by Crippen LogP contribution is 2.37. The topological polar surface area (TPSA) is 101 Å². The fourth-order valence-electron chi connectivity index (χ4n) is 3.70. The van der Waals surface area contributed by atoms with Gasteiger partial charge < -0.3 is 20.9 Å². The third-order valence-corrected chi connectivity index (χ3v) is 4.81. The van der Waals surface area contributed by atoms with Gasteiger partial charge in [-0.1, -0.05) is 17.7 Å². The lowest BCUT2D eigenvalue weighted by atomic mass is 9.94. The number of hydrogen-bond acceptors (Lipinski definition) is 6. The second-order valence-corrected chi connectivity index (χ2v) is 6.81. The van der Waals surface area contributed by atoms with E-state index in [1.807, 2.05) is 6.92 Å². The number of aryl methyl sites for hydroxylation is 3. The molecule has 0 amide bonds. The van der Waals surface area contributed by atoms with Gasteiger partial charge in [0.1, 0.15) is 5.82 Å². The maximum absolute atomic E-state index is 6.40. The summed E-state index contributed by atoms with van der Waals surface area (Å²) < 4.78 is 12.8. The number of rotatable bonds is 3. The van der Waals surface area contributed by atoms with E-state index in [4.69, 9.17) is 25.9 Å². The van der Waals surface area contributed by atoms with Crippen LogP contribution in [-0.2, 0) is 16.0 Å². The van der Waals surface area contributed by atoms with E-state index in [-0.39, 0.29) is 12.8 Å². The molecule has 3 heterocycles. The third kappa shape index (κ3) is 2.47. The molecular formula is C19H23N5O2. The molecular weight excluding hydrogens is 330 g/mol. The van der Waals surface area contributed by atoms with Crippen LogP contribution in [0.25, 0.3) is 16.9 Å². The highest BCUT2D eigenvalue weighted by atomic mass is 16.9. The van der Waals surface area contributed by atoms with Crippen LogP contribution in [0.1, 0.15) is 41.0 Å². The van der Waals surface area contributed by atoms with Crippen molar-refractivity contribution in [2.24, 2.45) is 5.73 Å².